The molecule has 6 nitrogen and oxygen atoms in total. The zero-order chi connectivity index (χ0) is 21.0. The Morgan fingerprint density at radius 3 is 2.31 bits per heavy atom. The summed E-state index contributed by atoms with van der Waals surface area (Å²) in [4.78, 5) is 26.2. The number of hydrogen-bond donors (Lipinski definition) is 0. The van der Waals surface area contributed by atoms with Crippen LogP contribution < -0.4 is 9.64 Å². The smallest absolute Gasteiger partial charge is 0.225 e. The van der Waals surface area contributed by atoms with Crippen LogP contribution in [-0.4, -0.2) is 54.1 Å². The van der Waals surface area contributed by atoms with Crippen LogP contribution >= 0.6 is 0 Å². The maximum atomic E-state index is 12.3. The summed E-state index contributed by atoms with van der Waals surface area (Å²) in [5.74, 6) is 2.95. The Hall–Kier alpha value is -2.63. The van der Waals surface area contributed by atoms with E-state index in [-0.39, 0.29) is 11.8 Å². The SMILES string of the molecule is CCc1nc(C)nc(N2CCN(C(=O)C(C)C)CC2)c1Cc1ccc(OC)cc1. The van der Waals surface area contributed by atoms with Gasteiger partial charge in [0.2, 0.25) is 5.91 Å². The molecule has 0 saturated carbocycles. The quantitative estimate of drug-likeness (QED) is 0.750. The van der Waals surface area contributed by atoms with Crippen molar-refractivity contribution in [2.75, 3.05) is 38.2 Å². The number of rotatable bonds is 6. The lowest BCUT2D eigenvalue weighted by atomic mass is 10.0. The molecule has 2 aromatic rings. The van der Waals surface area contributed by atoms with E-state index in [0.717, 1.165) is 62.1 Å². The molecule has 0 atom stereocenters. The number of ether oxygens (including phenoxy) is 1. The van der Waals surface area contributed by atoms with Crippen molar-refractivity contribution in [1.29, 1.82) is 0 Å². The third-order valence-corrected chi connectivity index (χ3v) is 5.44. The molecule has 0 N–H and O–H groups in total. The van der Waals surface area contributed by atoms with E-state index in [1.54, 1.807) is 7.11 Å². The van der Waals surface area contributed by atoms with Gasteiger partial charge in [0.15, 0.2) is 0 Å². The topological polar surface area (TPSA) is 58.6 Å². The van der Waals surface area contributed by atoms with Crippen LogP contribution in [0, 0.1) is 12.8 Å². The molecule has 0 unspecified atom stereocenters. The number of methoxy groups -OCH3 is 1. The number of benzene rings is 1. The molecule has 1 fully saturated rings. The number of amides is 1. The molecule has 1 amide bonds. The van der Waals surface area contributed by atoms with Crippen molar-refractivity contribution in [1.82, 2.24) is 14.9 Å². The van der Waals surface area contributed by atoms with Gasteiger partial charge in [0.1, 0.15) is 17.4 Å². The molecule has 3 rings (SSSR count). The van der Waals surface area contributed by atoms with E-state index >= 15 is 0 Å². The molecule has 0 radical (unpaired) electrons. The molecular formula is C23H32N4O2. The molecule has 1 aromatic carbocycles. The van der Waals surface area contributed by atoms with E-state index in [4.69, 9.17) is 14.7 Å². The summed E-state index contributed by atoms with van der Waals surface area (Å²) in [6, 6.07) is 8.18. The van der Waals surface area contributed by atoms with Crippen LogP contribution in [0.25, 0.3) is 0 Å². The number of aryl methyl sites for hydroxylation is 2. The lowest BCUT2D eigenvalue weighted by Gasteiger charge is -2.37. The molecule has 1 aromatic heterocycles. The van der Waals surface area contributed by atoms with Crippen molar-refractivity contribution in [3.05, 3.63) is 46.9 Å². The van der Waals surface area contributed by atoms with E-state index in [2.05, 4.69) is 24.0 Å². The minimum atomic E-state index is 0.0418. The Kier molecular flexibility index (Phi) is 6.72. The lowest BCUT2D eigenvalue weighted by Crippen LogP contribution is -2.50. The highest BCUT2D eigenvalue weighted by Gasteiger charge is 2.26. The highest BCUT2D eigenvalue weighted by atomic mass is 16.5. The minimum absolute atomic E-state index is 0.0418. The van der Waals surface area contributed by atoms with Crippen LogP contribution in [0.1, 0.15) is 43.4 Å². The Morgan fingerprint density at radius 1 is 1.10 bits per heavy atom. The molecule has 0 bridgehead atoms. The zero-order valence-corrected chi connectivity index (χ0v) is 18.2. The first-order valence-electron chi connectivity index (χ1n) is 10.5. The summed E-state index contributed by atoms with van der Waals surface area (Å²) in [6.45, 7) is 11.1. The molecule has 29 heavy (non-hydrogen) atoms. The van der Waals surface area contributed by atoms with Crippen molar-refractivity contribution in [2.24, 2.45) is 5.92 Å². The molecule has 0 spiro atoms. The van der Waals surface area contributed by atoms with E-state index in [9.17, 15) is 4.79 Å². The van der Waals surface area contributed by atoms with Crippen molar-refractivity contribution in [3.8, 4) is 5.75 Å². The van der Waals surface area contributed by atoms with Gasteiger partial charge in [-0.25, -0.2) is 9.97 Å². The molecule has 6 heteroatoms. The van der Waals surface area contributed by atoms with E-state index < -0.39 is 0 Å². The third kappa shape index (κ3) is 4.86. The van der Waals surface area contributed by atoms with Crippen LogP contribution in [0.3, 0.4) is 0 Å². The standard InChI is InChI=1S/C23H32N4O2/c1-6-21-20(15-18-7-9-19(29-5)10-8-18)22(25-17(4)24-21)26-11-13-27(14-12-26)23(28)16(2)3/h7-10,16H,6,11-15H2,1-5H3. The molecule has 1 aliphatic rings. The number of hydrogen-bond acceptors (Lipinski definition) is 5. The lowest BCUT2D eigenvalue weighted by molar-refractivity contribution is -0.134. The van der Waals surface area contributed by atoms with Gasteiger partial charge in [-0.2, -0.15) is 0 Å². The summed E-state index contributed by atoms with van der Waals surface area (Å²) in [6.07, 6.45) is 1.65. The molecule has 1 aliphatic heterocycles. The van der Waals surface area contributed by atoms with Crippen LogP contribution in [0.15, 0.2) is 24.3 Å². The maximum absolute atomic E-state index is 12.3. The van der Waals surface area contributed by atoms with Gasteiger partial charge in [-0.1, -0.05) is 32.9 Å². The monoisotopic (exact) mass is 396 g/mol. The molecular weight excluding hydrogens is 364 g/mol. The Balaban J connectivity index is 1.86. The van der Waals surface area contributed by atoms with Gasteiger partial charge in [-0.15, -0.1) is 0 Å². The van der Waals surface area contributed by atoms with Gasteiger partial charge in [0.05, 0.1) is 7.11 Å². The van der Waals surface area contributed by atoms with Gasteiger partial charge in [-0.05, 0) is 31.0 Å². The van der Waals surface area contributed by atoms with Gasteiger partial charge >= 0.3 is 0 Å². The summed E-state index contributed by atoms with van der Waals surface area (Å²) >= 11 is 0. The van der Waals surface area contributed by atoms with Crippen LogP contribution in [0.5, 0.6) is 5.75 Å². The normalized spacial score (nSPS) is 14.4. The fraction of sp³-hybridized carbons (Fsp3) is 0.522. The van der Waals surface area contributed by atoms with Gasteiger partial charge in [-0.3, -0.25) is 4.79 Å². The first-order chi connectivity index (χ1) is 13.9. The predicted octanol–water partition coefficient (Wildman–Crippen LogP) is 3.25. The third-order valence-electron chi connectivity index (χ3n) is 5.44. The van der Waals surface area contributed by atoms with Gasteiger partial charge in [0.25, 0.3) is 0 Å². The second-order valence-electron chi connectivity index (χ2n) is 7.87. The highest BCUT2D eigenvalue weighted by Crippen LogP contribution is 2.27. The van der Waals surface area contributed by atoms with E-state index in [0.29, 0.717) is 0 Å². The fourth-order valence-electron chi connectivity index (χ4n) is 3.82. The van der Waals surface area contributed by atoms with E-state index in [1.807, 2.05) is 37.8 Å². The number of anilines is 1. The van der Waals surface area contributed by atoms with Crippen LogP contribution in [0.2, 0.25) is 0 Å². The molecule has 0 aliphatic carbocycles. The van der Waals surface area contributed by atoms with Crippen LogP contribution in [-0.2, 0) is 17.6 Å². The fourth-order valence-corrected chi connectivity index (χ4v) is 3.82. The second kappa shape index (κ2) is 9.25. The Bertz CT molecular complexity index is 841. The summed E-state index contributed by atoms with van der Waals surface area (Å²) in [5.41, 5.74) is 3.50. The Labute approximate surface area is 173 Å². The van der Waals surface area contributed by atoms with Crippen molar-refractivity contribution in [2.45, 2.75) is 40.5 Å². The molecule has 1 saturated heterocycles. The van der Waals surface area contributed by atoms with Gasteiger partial charge in [0, 0.05) is 49.8 Å². The maximum Gasteiger partial charge on any atom is 0.225 e. The second-order valence-corrected chi connectivity index (χ2v) is 7.87. The summed E-state index contributed by atoms with van der Waals surface area (Å²) < 4.78 is 5.28. The zero-order valence-electron chi connectivity index (χ0n) is 18.2. The first-order valence-corrected chi connectivity index (χ1v) is 10.5. The largest absolute Gasteiger partial charge is 0.497 e. The average Bonchev–Trinajstić information content (AvgIpc) is 2.74. The van der Waals surface area contributed by atoms with Crippen molar-refractivity contribution < 1.29 is 9.53 Å². The number of nitrogens with zero attached hydrogens (tertiary/aromatic N) is 4. The number of carbonyl (C=O) groups is 1. The predicted molar refractivity (Wildman–Crippen MR) is 116 cm³/mol. The summed E-state index contributed by atoms with van der Waals surface area (Å²) in [5, 5.41) is 0. The minimum Gasteiger partial charge on any atom is -0.497 e. The number of aromatic nitrogens is 2. The van der Waals surface area contributed by atoms with Gasteiger partial charge < -0.3 is 14.5 Å². The molecule has 156 valence electrons. The first kappa shape index (κ1) is 21.1. The number of carbonyl (C=O) groups excluding carboxylic acids is 1. The Morgan fingerprint density at radius 2 is 1.76 bits per heavy atom. The average molecular weight is 397 g/mol. The van der Waals surface area contributed by atoms with Crippen molar-refractivity contribution >= 4 is 11.7 Å². The summed E-state index contributed by atoms with van der Waals surface area (Å²) in [7, 11) is 1.68. The molecule has 2 heterocycles. The number of piperazine rings is 1. The van der Waals surface area contributed by atoms with E-state index in [1.165, 1.54) is 11.1 Å². The van der Waals surface area contributed by atoms with Crippen molar-refractivity contribution in [3.63, 3.8) is 0 Å². The van der Waals surface area contributed by atoms with Crippen LogP contribution in [0.4, 0.5) is 5.82 Å². The highest BCUT2D eigenvalue weighted by molar-refractivity contribution is 5.78.